The van der Waals surface area contributed by atoms with E-state index in [1.54, 1.807) is 13.1 Å². The van der Waals surface area contributed by atoms with Gasteiger partial charge in [-0.1, -0.05) is 12.1 Å². The smallest absolute Gasteiger partial charge is 0.283 e. The van der Waals surface area contributed by atoms with Gasteiger partial charge in [-0.25, -0.2) is 4.68 Å². The summed E-state index contributed by atoms with van der Waals surface area (Å²) in [5.74, 6) is 1.04. The maximum absolute atomic E-state index is 12.0. The Bertz CT molecular complexity index is 622. The highest BCUT2D eigenvalue weighted by molar-refractivity contribution is 9.10. The van der Waals surface area contributed by atoms with Gasteiger partial charge in [-0.15, -0.1) is 0 Å². The minimum Gasteiger partial charge on any atom is -0.375 e. The molecule has 0 aromatic carbocycles. The van der Waals surface area contributed by atoms with Crippen molar-refractivity contribution in [2.24, 2.45) is 0 Å². The number of hydrogen-bond donors (Lipinski definition) is 1. The minimum absolute atomic E-state index is 0.156. The Morgan fingerprint density at radius 1 is 1.53 bits per heavy atom. The largest absolute Gasteiger partial charge is 0.375 e. The fourth-order valence-electron chi connectivity index (χ4n) is 1.55. The van der Waals surface area contributed by atoms with Crippen molar-refractivity contribution in [2.45, 2.75) is 33.4 Å². The van der Waals surface area contributed by atoms with Crippen LogP contribution in [0.25, 0.3) is 0 Å². The van der Waals surface area contributed by atoms with Crippen molar-refractivity contribution >= 4 is 21.6 Å². The van der Waals surface area contributed by atoms with Gasteiger partial charge >= 0.3 is 0 Å². The average Bonchev–Trinajstić information content (AvgIpc) is 2.80. The van der Waals surface area contributed by atoms with Crippen LogP contribution in [0, 0.1) is 6.92 Å². The molecule has 8 heteroatoms. The topological polar surface area (TPSA) is 85.8 Å². The second kappa shape index (κ2) is 5.96. The van der Waals surface area contributed by atoms with Crippen LogP contribution in [0.5, 0.6) is 0 Å². The summed E-state index contributed by atoms with van der Waals surface area (Å²) in [5.41, 5.74) is 0.455. The number of halogens is 1. The van der Waals surface area contributed by atoms with E-state index in [0.717, 1.165) is 6.42 Å². The lowest BCUT2D eigenvalue weighted by Crippen LogP contribution is -2.24. The third-order valence-corrected chi connectivity index (χ3v) is 3.19. The van der Waals surface area contributed by atoms with E-state index >= 15 is 0 Å². The van der Waals surface area contributed by atoms with Gasteiger partial charge < -0.3 is 9.84 Å². The van der Waals surface area contributed by atoms with Gasteiger partial charge in [-0.05, 0) is 22.4 Å². The van der Waals surface area contributed by atoms with Crippen LogP contribution in [0.2, 0.25) is 0 Å². The predicted octanol–water partition coefficient (Wildman–Crippen LogP) is 1.72. The van der Waals surface area contributed by atoms with Gasteiger partial charge in [0.2, 0.25) is 5.89 Å². The molecule has 0 unspecified atom stereocenters. The summed E-state index contributed by atoms with van der Waals surface area (Å²) in [6, 6.07) is 0. The Kier molecular flexibility index (Phi) is 4.31. The number of anilines is 1. The van der Waals surface area contributed by atoms with Crippen LogP contribution >= 0.6 is 15.9 Å². The highest BCUT2D eigenvalue weighted by Gasteiger charge is 2.09. The van der Waals surface area contributed by atoms with Crippen molar-refractivity contribution in [3.8, 4) is 0 Å². The highest BCUT2D eigenvalue weighted by Crippen LogP contribution is 2.16. The number of nitrogens with zero attached hydrogens (tertiary/aromatic N) is 4. The summed E-state index contributed by atoms with van der Waals surface area (Å²) in [6.07, 6.45) is 2.46. The first-order valence-corrected chi connectivity index (χ1v) is 6.69. The second-order valence-corrected chi connectivity index (χ2v) is 4.78. The first-order valence-electron chi connectivity index (χ1n) is 5.90. The van der Waals surface area contributed by atoms with Gasteiger partial charge in [0, 0.05) is 13.5 Å². The van der Waals surface area contributed by atoms with Crippen LogP contribution in [-0.2, 0) is 13.1 Å². The fourth-order valence-corrected chi connectivity index (χ4v) is 1.99. The van der Waals surface area contributed by atoms with Crippen molar-refractivity contribution in [3.05, 3.63) is 32.7 Å². The molecule has 0 spiro atoms. The van der Waals surface area contributed by atoms with Gasteiger partial charge in [0.15, 0.2) is 5.82 Å². The summed E-state index contributed by atoms with van der Waals surface area (Å²) in [6.45, 7) is 4.68. The molecule has 0 bridgehead atoms. The van der Waals surface area contributed by atoms with Crippen molar-refractivity contribution in [3.63, 3.8) is 0 Å². The molecular weight excluding hydrogens is 314 g/mol. The number of aromatic nitrogens is 4. The first kappa shape index (κ1) is 13.7. The molecule has 0 aliphatic heterocycles. The van der Waals surface area contributed by atoms with E-state index in [1.807, 2.05) is 6.92 Å². The van der Waals surface area contributed by atoms with Gasteiger partial charge in [-0.3, -0.25) is 4.79 Å². The van der Waals surface area contributed by atoms with Gasteiger partial charge in [0.1, 0.15) is 4.47 Å². The monoisotopic (exact) mass is 327 g/mol. The molecule has 0 saturated carbocycles. The molecular formula is C11H14BrN5O2. The third kappa shape index (κ3) is 3.19. The van der Waals surface area contributed by atoms with Crippen molar-refractivity contribution in [1.82, 2.24) is 19.9 Å². The lowest BCUT2D eigenvalue weighted by Gasteiger charge is -2.08. The van der Waals surface area contributed by atoms with E-state index in [4.69, 9.17) is 4.52 Å². The van der Waals surface area contributed by atoms with Gasteiger partial charge in [0.05, 0.1) is 18.4 Å². The molecule has 7 nitrogen and oxygen atoms in total. The first-order chi connectivity index (χ1) is 9.11. The molecule has 1 N–H and O–H groups in total. The zero-order valence-corrected chi connectivity index (χ0v) is 12.3. The molecule has 2 aromatic rings. The van der Waals surface area contributed by atoms with E-state index in [0.29, 0.717) is 35.0 Å². The molecule has 19 heavy (non-hydrogen) atoms. The minimum atomic E-state index is -0.156. The molecule has 0 saturated heterocycles. The number of hydrogen-bond acceptors (Lipinski definition) is 6. The normalized spacial score (nSPS) is 10.7. The maximum atomic E-state index is 12.0. The fraction of sp³-hybridized carbons (Fsp3) is 0.455. The Labute approximate surface area is 118 Å². The SMILES string of the molecule is CCCn1ncc(NCc2noc(C)n2)c(Br)c1=O. The standard InChI is InChI=1S/C11H14BrN5O2/c1-3-4-17-11(18)10(12)8(5-14-17)13-6-9-15-7(2)19-16-9/h5,13H,3-4,6H2,1-2H3. The van der Waals surface area contributed by atoms with E-state index < -0.39 is 0 Å². The maximum Gasteiger partial charge on any atom is 0.283 e. The van der Waals surface area contributed by atoms with E-state index in [2.05, 4.69) is 36.5 Å². The molecule has 2 heterocycles. The zero-order chi connectivity index (χ0) is 13.8. The summed E-state index contributed by atoms with van der Waals surface area (Å²) in [4.78, 5) is 16.0. The lowest BCUT2D eigenvalue weighted by molar-refractivity contribution is 0.388. The quantitative estimate of drug-likeness (QED) is 0.899. The van der Waals surface area contributed by atoms with Gasteiger partial charge in [-0.2, -0.15) is 10.1 Å². The predicted molar refractivity (Wildman–Crippen MR) is 72.8 cm³/mol. The lowest BCUT2D eigenvalue weighted by atomic mass is 10.4. The highest BCUT2D eigenvalue weighted by atomic mass is 79.9. The molecule has 0 aliphatic rings. The summed E-state index contributed by atoms with van der Waals surface area (Å²) in [5, 5.41) is 10.9. The molecule has 0 fully saturated rings. The third-order valence-electron chi connectivity index (χ3n) is 2.43. The van der Waals surface area contributed by atoms with Gasteiger partial charge in [0.25, 0.3) is 5.56 Å². The van der Waals surface area contributed by atoms with Crippen LogP contribution in [0.1, 0.15) is 25.1 Å². The van der Waals surface area contributed by atoms with Crippen LogP contribution < -0.4 is 10.9 Å². The van der Waals surface area contributed by atoms with Crippen molar-refractivity contribution < 1.29 is 4.52 Å². The molecule has 102 valence electrons. The molecule has 0 aliphatic carbocycles. The summed E-state index contributed by atoms with van der Waals surface area (Å²) in [7, 11) is 0. The Hall–Kier alpha value is -1.70. The van der Waals surface area contributed by atoms with E-state index in [-0.39, 0.29) is 5.56 Å². The molecule has 0 amide bonds. The van der Waals surface area contributed by atoms with Crippen LogP contribution in [0.15, 0.2) is 20.0 Å². The van der Waals surface area contributed by atoms with E-state index in [1.165, 1.54) is 4.68 Å². The summed E-state index contributed by atoms with van der Waals surface area (Å²) >= 11 is 3.28. The second-order valence-electron chi connectivity index (χ2n) is 3.98. The zero-order valence-electron chi connectivity index (χ0n) is 10.7. The molecule has 2 aromatic heterocycles. The van der Waals surface area contributed by atoms with E-state index in [9.17, 15) is 4.79 Å². The number of nitrogens with one attached hydrogen (secondary N) is 1. The molecule has 2 rings (SSSR count). The number of aryl methyl sites for hydroxylation is 2. The molecule has 0 radical (unpaired) electrons. The Balaban J connectivity index is 2.13. The van der Waals surface area contributed by atoms with Crippen LogP contribution in [0.4, 0.5) is 5.69 Å². The van der Waals surface area contributed by atoms with Crippen LogP contribution in [0.3, 0.4) is 0 Å². The molecule has 0 atom stereocenters. The van der Waals surface area contributed by atoms with Crippen LogP contribution in [-0.4, -0.2) is 19.9 Å². The van der Waals surface area contributed by atoms with Crippen molar-refractivity contribution in [2.75, 3.05) is 5.32 Å². The average molecular weight is 328 g/mol. The number of rotatable bonds is 5. The summed E-state index contributed by atoms with van der Waals surface area (Å²) < 4.78 is 6.74. The Morgan fingerprint density at radius 2 is 2.32 bits per heavy atom. The van der Waals surface area contributed by atoms with Crippen molar-refractivity contribution in [1.29, 1.82) is 0 Å². The Morgan fingerprint density at radius 3 is 2.95 bits per heavy atom.